The summed E-state index contributed by atoms with van der Waals surface area (Å²) in [6.45, 7) is 3.82. The molecule has 0 spiro atoms. The van der Waals surface area contributed by atoms with Crippen molar-refractivity contribution in [1.29, 1.82) is 0 Å². The van der Waals surface area contributed by atoms with Gasteiger partial charge in [-0.3, -0.25) is 0 Å². The second-order valence-electron chi connectivity index (χ2n) is 8.68. The van der Waals surface area contributed by atoms with Crippen LogP contribution >= 0.6 is 69.6 Å². The van der Waals surface area contributed by atoms with Crippen LogP contribution in [0.1, 0.15) is 22.8 Å². The van der Waals surface area contributed by atoms with Crippen LogP contribution in [0, 0.1) is 0 Å². The van der Waals surface area contributed by atoms with Crippen molar-refractivity contribution in [3.8, 4) is 0 Å². The molecule has 0 amide bonds. The maximum Gasteiger partial charge on any atom is 0.345 e. The molecule has 1 heterocycles. The van der Waals surface area contributed by atoms with Gasteiger partial charge in [0.25, 0.3) is 0 Å². The van der Waals surface area contributed by atoms with Crippen molar-refractivity contribution in [2.24, 2.45) is 0 Å². The van der Waals surface area contributed by atoms with Gasteiger partial charge in [-0.1, -0.05) is 94.4 Å². The summed E-state index contributed by atoms with van der Waals surface area (Å²) in [7, 11) is 1.47. The molecule has 4 atom stereocenters. The zero-order valence-electron chi connectivity index (χ0n) is 20.4. The number of halogens is 6. The molecular formula is C28H22Cl6O5. The summed E-state index contributed by atoms with van der Waals surface area (Å²) in [6, 6.07) is 14.9. The first kappa shape index (κ1) is 30.4. The summed E-state index contributed by atoms with van der Waals surface area (Å²) < 4.78 is 24.2. The molecule has 0 radical (unpaired) electrons. The third-order valence-electron chi connectivity index (χ3n) is 6.32. The molecule has 1 aliphatic heterocycles. The third kappa shape index (κ3) is 6.54. The maximum atomic E-state index is 13.5. The zero-order valence-corrected chi connectivity index (χ0v) is 25.0. The largest absolute Gasteiger partial charge is 0.454 e. The first-order valence-electron chi connectivity index (χ1n) is 11.6. The van der Waals surface area contributed by atoms with Crippen LogP contribution < -0.4 is 0 Å². The second kappa shape index (κ2) is 13.0. The van der Waals surface area contributed by atoms with Crippen molar-refractivity contribution in [3.63, 3.8) is 0 Å². The van der Waals surface area contributed by atoms with E-state index < -0.39 is 29.9 Å². The quantitative estimate of drug-likeness (QED) is 0.162. The number of hydrogen-bond donors (Lipinski definition) is 0. The predicted octanol–water partition coefficient (Wildman–Crippen LogP) is 8.95. The number of cyclic esters (lactones) is 1. The van der Waals surface area contributed by atoms with E-state index in [-0.39, 0.29) is 13.2 Å². The van der Waals surface area contributed by atoms with E-state index in [1.165, 1.54) is 13.2 Å². The smallest absolute Gasteiger partial charge is 0.345 e. The van der Waals surface area contributed by atoms with Gasteiger partial charge in [-0.15, -0.1) is 0 Å². The van der Waals surface area contributed by atoms with Crippen LogP contribution in [0.5, 0.6) is 0 Å². The molecular weight excluding hydrogens is 629 g/mol. The van der Waals surface area contributed by atoms with E-state index in [1.807, 2.05) is 0 Å². The maximum absolute atomic E-state index is 13.5. The Bertz CT molecular complexity index is 1380. The van der Waals surface area contributed by atoms with E-state index in [0.717, 1.165) is 0 Å². The highest BCUT2D eigenvalue weighted by molar-refractivity contribution is 6.36. The van der Waals surface area contributed by atoms with Crippen LogP contribution in [-0.2, 0) is 37.0 Å². The molecule has 1 saturated heterocycles. The van der Waals surface area contributed by atoms with E-state index in [1.54, 1.807) is 54.6 Å². The first-order chi connectivity index (χ1) is 18.6. The van der Waals surface area contributed by atoms with Gasteiger partial charge in [-0.2, -0.15) is 0 Å². The molecule has 0 saturated carbocycles. The van der Waals surface area contributed by atoms with E-state index in [9.17, 15) is 4.79 Å². The Labute approximate surface area is 256 Å². The number of hydrogen-bond acceptors (Lipinski definition) is 5. The van der Waals surface area contributed by atoms with Crippen LogP contribution in [-0.4, -0.2) is 30.9 Å². The lowest BCUT2D eigenvalue weighted by atomic mass is 9.90. The minimum Gasteiger partial charge on any atom is -0.454 e. The van der Waals surface area contributed by atoms with Gasteiger partial charge in [-0.05, 0) is 53.6 Å². The average Bonchev–Trinajstić information content (AvgIpc) is 3.15. The van der Waals surface area contributed by atoms with E-state index in [2.05, 4.69) is 6.58 Å². The molecule has 4 rings (SSSR count). The molecule has 0 aliphatic carbocycles. The Morgan fingerprint density at radius 2 is 1.41 bits per heavy atom. The highest BCUT2D eigenvalue weighted by atomic mass is 35.5. The van der Waals surface area contributed by atoms with Crippen LogP contribution in [0.15, 0.2) is 67.3 Å². The Morgan fingerprint density at radius 1 is 0.872 bits per heavy atom. The molecule has 3 aromatic carbocycles. The van der Waals surface area contributed by atoms with E-state index in [4.69, 9.17) is 88.6 Å². The van der Waals surface area contributed by atoms with Crippen LogP contribution in [0.3, 0.4) is 0 Å². The minimum absolute atomic E-state index is 0.000750. The highest BCUT2D eigenvalue weighted by Gasteiger charge is 2.60. The van der Waals surface area contributed by atoms with Crippen molar-refractivity contribution in [2.45, 2.75) is 37.1 Å². The topological polar surface area (TPSA) is 54.0 Å². The van der Waals surface area contributed by atoms with Gasteiger partial charge < -0.3 is 18.9 Å². The molecule has 1 aliphatic rings. The van der Waals surface area contributed by atoms with Crippen LogP contribution in [0.25, 0.3) is 0 Å². The zero-order chi connectivity index (χ0) is 28.3. The Hall–Kier alpha value is -1.51. The summed E-state index contributed by atoms with van der Waals surface area (Å²) in [5.74, 6) is -0.716. The van der Waals surface area contributed by atoms with Crippen molar-refractivity contribution in [2.75, 3.05) is 7.11 Å². The Morgan fingerprint density at radius 3 is 1.92 bits per heavy atom. The third-order valence-corrected chi connectivity index (χ3v) is 8.06. The highest BCUT2D eigenvalue weighted by Crippen LogP contribution is 2.43. The lowest BCUT2D eigenvalue weighted by molar-refractivity contribution is -0.161. The van der Waals surface area contributed by atoms with Gasteiger partial charge in [0.1, 0.15) is 12.2 Å². The summed E-state index contributed by atoms with van der Waals surface area (Å²) in [5, 5.41) is 2.47. The Kier molecular flexibility index (Phi) is 10.1. The number of rotatable bonds is 10. The molecule has 3 aromatic rings. The number of carbonyl (C=O) groups excluding carboxylic acids is 1. The standard InChI is InChI=1S/C28H22Cl6O5/c1-3-28(38-14-16-5-7-18(30)11-22(16)33)26(37-13-15-4-6-17(29)10-21(15)32)25(39-27(28)35)24(36-2)20-9-8-19(31)12-23(20)34/h3-12,24-26H,1,13-14H2,2H3/t24?,25-,26-,28-/m1/s1. The van der Waals surface area contributed by atoms with E-state index in [0.29, 0.717) is 46.8 Å². The van der Waals surface area contributed by atoms with Crippen molar-refractivity contribution < 1.29 is 23.7 Å². The van der Waals surface area contributed by atoms with Crippen LogP contribution in [0.4, 0.5) is 0 Å². The fourth-order valence-corrected chi connectivity index (χ4v) is 5.74. The first-order valence-corrected chi connectivity index (χ1v) is 13.8. The minimum atomic E-state index is -1.73. The van der Waals surface area contributed by atoms with Crippen LogP contribution in [0.2, 0.25) is 30.1 Å². The average molecular weight is 651 g/mol. The molecule has 5 nitrogen and oxygen atoms in total. The monoisotopic (exact) mass is 648 g/mol. The molecule has 1 fully saturated rings. The van der Waals surface area contributed by atoms with Crippen molar-refractivity contribution in [1.82, 2.24) is 0 Å². The predicted molar refractivity (Wildman–Crippen MR) is 155 cm³/mol. The molecule has 1 unspecified atom stereocenters. The molecule has 39 heavy (non-hydrogen) atoms. The molecule has 206 valence electrons. The number of methoxy groups -OCH3 is 1. The van der Waals surface area contributed by atoms with Gasteiger partial charge in [0.2, 0.25) is 5.60 Å². The molecule has 0 bridgehead atoms. The molecule has 0 N–H and O–H groups in total. The normalized spacial score (nSPS) is 21.6. The van der Waals surface area contributed by atoms with Crippen molar-refractivity contribution >= 4 is 75.6 Å². The van der Waals surface area contributed by atoms with Gasteiger partial charge in [0, 0.05) is 42.8 Å². The van der Waals surface area contributed by atoms with Gasteiger partial charge in [0.15, 0.2) is 6.10 Å². The Balaban J connectivity index is 1.72. The summed E-state index contributed by atoms with van der Waals surface area (Å²) in [4.78, 5) is 13.5. The summed E-state index contributed by atoms with van der Waals surface area (Å²) in [6.07, 6.45) is -1.53. The summed E-state index contributed by atoms with van der Waals surface area (Å²) in [5.41, 5.74) is 0.0425. The molecule has 0 aromatic heterocycles. The SMILES string of the molecule is C=C[C@]1(OCc2ccc(Cl)cc2Cl)C(=O)O[C@H](C(OC)c2ccc(Cl)cc2Cl)[C@H]1OCc1ccc(Cl)cc1Cl. The number of carbonyl (C=O) groups is 1. The number of ether oxygens (including phenoxy) is 4. The second-order valence-corrected chi connectivity index (χ2v) is 11.2. The lowest BCUT2D eigenvalue weighted by Crippen LogP contribution is -2.49. The van der Waals surface area contributed by atoms with Gasteiger partial charge in [0.05, 0.1) is 13.2 Å². The summed E-state index contributed by atoms with van der Waals surface area (Å²) >= 11 is 37.4. The fraction of sp³-hybridized carbons (Fsp3) is 0.250. The fourth-order valence-electron chi connectivity index (χ4n) is 4.30. The van der Waals surface area contributed by atoms with E-state index >= 15 is 0 Å². The number of esters is 1. The van der Waals surface area contributed by atoms with Gasteiger partial charge in [-0.25, -0.2) is 4.79 Å². The lowest BCUT2D eigenvalue weighted by Gasteiger charge is -2.32. The number of benzene rings is 3. The van der Waals surface area contributed by atoms with Gasteiger partial charge >= 0.3 is 5.97 Å². The molecule has 11 heteroatoms. The van der Waals surface area contributed by atoms with Crippen molar-refractivity contribution in [3.05, 3.63) is 114 Å².